The highest BCUT2D eigenvalue weighted by Crippen LogP contribution is 2.37. The first-order valence-corrected chi connectivity index (χ1v) is 16.6. The number of nitrogens with one attached hydrogen (secondary N) is 1. The third-order valence-corrected chi connectivity index (χ3v) is 12.8. The van der Waals surface area contributed by atoms with Crippen molar-refractivity contribution < 1.29 is 18.7 Å². The Balaban J connectivity index is 1.51. The molecule has 3 aromatic rings. The Labute approximate surface area is 228 Å². The highest BCUT2D eigenvalue weighted by atomic mass is 28.4. The molecule has 1 amide bonds. The van der Waals surface area contributed by atoms with Crippen LogP contribution in [0.25, 0.3) is 11.0 Å². The lowest BCUT2D eigenvalue weighted by molar-refractivity contribution is 0.0923. The topological polar surface area (TPSA) is 74.6 Å². The minimum absolute atomic E-state index is 0.0789. The fourth-order valence-corrected chi connectivity index (χ4v) is 6.05. The second-order valence-corrected chi connectivity index (χ2v) is 16.7. The molecule has 4 rings (SSSR count). The first-order chi connectivity index (χ1) is 18.0. The van der Waals surface area contributed by atoms with E-state index >= 15 is 0 Å². The van der Waals surface area contributed by atoms with Gasteiger partial charge in [-0.2, -0.15) is 0 Å². The smallest absolute Gasteiger partial charge is 0.251 e. The number of carbonyl (C=O) groups is 1. The van der Waals surface area contributed by atoms with Gasteiger partial charge in [-0.15, -0.1) is 0 Å². The number of nitrogens with zero attached hydrogens (tertiary/aromatic N) is 2. The summed E-state index contributed by atoms with van der Waals surface area (Å²) in [6, 6.07) is 13.7. The van der Waals surface area contributed by atoms with Crippen LogP contribution < -0.4 is 14.8 Å². The molecule has 0 radical (unpaired) electrons. The van der Waals surface area contributed by atoms with Crippen molar-refractivity contribution in [3.63, 3.8) is 0 Å². The molecule has 2 unspecified atom stereocenters. The third kappa shape index (κ3) is 6.23. The van der Waals surface area contributed by atoms with E-state index in [2.05, 4.69) is 61.9 Å². The van der Waals surface area contributed by atoms with Crippen molar-refractivity contribution in [2.45, 2.75) is 83.1 Å². The van der Waals surface area contributed by atoms with Crippen molar-refractivity contribution in [3.05, 3.63) is 53.9 Å². The molecule has 1 fully saturated rings. The van der Waals surface area contributed by atoms with Gasteiger partial charge in [0.1, 0.15) is 17.3 Å². The number of carbonyl (C=O) groups excluding carboxylic acids is 1. The van der Waals surface area contributed by atoms with Crippen LogP contribution in [0.4, 0.5) is 0 Å². The predicted octanol–water partition coefficient (Wildman–Crippen LogP) is 6.53. The van der Waals surface area contributed by atoms with Gasteiger partial charge in [0.2, 0.25) is 0 Å². The van der Waals surface area contributed by atoms with Gasteiger partial charge >= 0.3 is 0 Å². The zero-order valence-electron chi connectivity index (χ0n) is 24.0. The molecule has 1 aliphatic carbocycles. The average Bonchev–Trinajstić information content (AvgIpc) is 3.26. The van der Waals surface area contributed by atoms with Gasteiger partial charge in [-0.3, -0.25) is 4.79 Å². The molecule has 0 saturated heterocycles. The van der Waals surface area contributed by atoms with Crippen LogP contribution in [0, 0.1) is 0 Å². The number of hydrogen-bond donors (Lipinski definition) is 1. The zero-order valence-corrected chi connectivity index (χ0v) is 25.0. The van der Waals surface area contributed by atoms with Crippen molar-refractivity contribution in [3.8, 4) is 11.5 Å². The lowest BCUT2D eigenvalue weighted by atomic mass is 9.85. The number of fused-ring (bicyclic) bond motifs is 1. The molecule has 0 bridgehead atoms. The number of hydrogen-bond acceptors (Lipinski definition) is 5. The van der Waals surface area contributed by atoms with Gasteiger partial charge in [0.15, 0.2) is 8.32 Å². The van der Waals surface area contributed by atoms with E-state index in [9.17, 15) is 4.79 Å². The minimum Gasteiger partial charge on any atom is -0.497 e. The Morgan fingerprint density at radius 1 is 1.08 bits per heavy atom. The number of rotatable bonds is 9. The summed E-state index contributed by atoms with van der Waals surface area (Å²) < 4.78 is 19.6. The Morgan fingerprint density at radius 3 is 2.42 bits per heavy atom. The van der Waals surface area contributed by atoms with E-state index in [0.29, 0.717) is 23.7 Å². The van der Waals surface area contributed by atoms with Crippen LogP contribution in [-0.4, -0.2) is 50.6 Å². The van der Waals surface area contributed by atoms with E-state index in [4.69, 9.17) is 18.9 Å². The molecule has 8 heteroatoms. The van der Waals surface area contributed by atoms with Crippen LogP contribution in [0.1, 0.15) is 68.6 Å². The van der Waals surface area contributed by atoms with Crippen molar-refractivity contribution >= 4 is 25.3 Å². The Bertz CT molecular complexity index is 1240. The average molecular weight is 538 g/mol. The van der Waals surface area contributed by atoms with E-state index in [-0.39, 0.29) is 22.9 Å². The van der Waals surface area contributed by atoms with E-state index in [1.807, 2.05) is 6.07 Å². The van der Waals surface area contributed by atoms with E-state index in [1.165, 1.54) is 0 Å². The Morgan fingerprint density at radius 2 is 1.76 bits per heavy atom. The summed E-state index contributed by atoms with van der Waals surface area (Å²) in [5.41, 5.74) is 2.71. The largest absolute Gasteiger partial charge is 0.497 e. The fraction of sp³-hybridized carbons (Fsp3) is 0.533. The van der Waals surface area contributed by atoms with Crippen LogP contribution in [0.15, 0.2) is 42.5 Å². The summed E-state index contributed by atoms with van der Waals surface area (Å²) in [6.45, 7) is 12.9. The van der Waals surface area contributed by atoms with Crippen LogP contribution >= 0.6 is 0 Å². The molecule has 1 aromatic heterocycles. The number of aromatic nitrogens is 2. The number of ether oxygens (including phenoxy) is 2. The van der Waals surface area contributed by atoms with Gasteiger partial charge in [-0.05, 0) is 61.7 Å². The molecular formula is C30H43N3O4Si. The lowest BCUT2D eigenvalue weighted by Crippen LogP contribution is -2.41. The van der Waals surface area contributed by atoms with Gasteiger partial charge in [-0.1, -0.05) is 39.3 Å². The molecule has 206 valence electrons. The van der Waals surface area contributed by atoms with Gasteiger partial charge in [0.25, 0.3) is 5.91 Å². The molecular weight excluding hydrogens is 494 g/mol. The molecule has 0 aliphatic heterocycles. The molecule has 1 saturated carbocycles. The molecule has 1 heterocycles. The number of amides is 1. The second-order valence-electron chi connectivity index (χ2n) is 11.9. The Kier molecular flexibility index (Phi) is 8.52. The van der Waals surface area contributed by atoms with Crippen molar-refractivity contribution in [2.75, 3.05) is 20.8 Å². The van der Waals surface area contributed by atoms with Crippen molar-refractivity contribution in [1.82, 2.24) is 14.9 Å². The minimum atomic E-state index is -1.84. The summed E-state index contributed by atoms with van der Waals surface area (Å²) in [4.78, 5) is 18.3. The van der Waals surface area contributed by atoms with Gasteiger partial charge in [0.05, 0.1) is 31.9 Å². The van der Waals surface area contributed by atoms with Gasteiger partial charge < -0.3 is 23.8 Å². The van der Waals surface area contributed by atoms with Gasteiger partial charge in [0, 0.05) is 30.1 Å². The number of methoxy groups -OCH3 is 2. The van der Waals surface area contributed by atoms with E-state index in [0.717, 1.165) is 49.1 Å². The first-order valence-electron chi connectivity index (χ1n) is 13.7. The third-order valence-electron chi connectivity index (χ3n) is 8.26. The summed E-state index contributed by atoms with van der Waals surface area (Å²) in [5, 5.41) is 3.44. The lowest BCUT2D eigenvalue weighted by Gasteiger charge is -2.36. The van der Waals surface area contributed by atoms with Gasteiger partial charge in [-0.25, -0.2) is 4.98 Å². The quantitative estimate of drug-likeness (QED) is 0.314. The zero-order chi connectivity index (χ0) is 27.5. The predicted molar refractivity (Wildman–Crippen MR) is 155 cm³/mol. The summed E-state index contributed by atoms with van der Waals surface area (Å²) in [5.74, 6) is 2.47. The van der Waals surface area contributed by atoms with Crippen LogP contribution in [-0.2, 0) is 11.0 Å². The second kappa shape index (κ2) is 11.5. The van der Waals surface area contributed by atoms with Crippen LogP contribution in [0.2, 0.25) is 18.1 Å². The van der Waals surface area contributed by atoms with Crippen molar-refractivity contribution in [2.24, 2.45) is 0 Å². The summed E-state index contributed by atoms with van der Waals surface area (Å²) >= 11 is 0. The summed E-state index contributed by atoms with van der Waals surface area (Å²) in [6.07, 6.45) is 3.92. The maximum absolute atomic E-state index is 13.2. The van der Waals surface area contributed by atoms with Crippen LogP contribution in [0.5, 0.6) is 11.5 Å². The first kappa shape index (κ1) is 28.2. The molecule has 38 heavy (non-hydrogen) atoms. The van der Waals surface area contributed by atoms with E-state index < -0.39 is 8.32 Å². The highest BCUT2D eigenvalue weighted by molar-refractivity contribution is 6.74. The standard InChI is InChI=1S/C30H43N3O4Si/c1-30(2,3)38(6,7)37-16-15-33-27-14-9-8-13-26(27)32-28(33)21-11-10-12-23(17-21)31-29(34)22-18-24(35-4)20-25(19-22)36-5/h8-9,13-14,18-21,23H,10-12,15-17H2,1-7H3,(H,31,34). The maximum atomic E-state index is 13.2. The molecule has 2 atom stereocenters. The SMILES string of the molecule is COc1cc(OC)cc(C(=O)NC2CCCC(c3nc4ccccc4n3CCO[Si](C)(C)C(C)(C)C)C2)c1. The number of benzene rings is 2. The molecule has 7 nitrogen and oxygen atoms in total. The maximum Gasteiger partial charge on any atom is 0.251 e. The summed E-state index contributed by atoms with van der Waals surface area (Å²) in [7, 11) is 1.34. The number of para-hydroxylation sites is 2. The fourth-order valence-electron chi connectivity index (χ4n) is 5.01. The molecule has 1 N–H and O–H groups in total. The Hall–Kier alpha value is -2.84. The van der Waals surface area contributed by atoms with E-state index in [1.54, 1.807) is 32.4 Å². The number of imidazole rings is 1. The molecule has 2 aromatic carbocycles. The monoisotopic (exact) mass is 537 g/mol. The molecule has 0 spiro atoms. The van der Waals surface area contributed by atoms with Crippen LogP contribution in [0.3, 0.4) is 0 Å². The van der Waals surface area contributed by atoms with Crippen molar-refractivity contribution in [1.29, 1.82) is 0 Å². The molecule has 1 aliphatic rings. The highest BCUT2D eigenvalue weighted by Gasteiger charge is 2.37. The normalized spacial score (nSPS) is 18.4.